The normalized spacial score (nSPS) is 23.9. The third-order valence-electron chi connectivity index (χ3n) is 4.53. The number of nitrogens with one attached hydrogen (secondary N) is 1. The zero-order valence-corrected chi connectivity index (χ0v) is 15.3. The molecule has 1 aliphatic carbocycles. The number of benzene rings is 1. The minimum Gasteiger partial charge on any atom is -0.326 e. The van der Waals surface area contributed by atoms with Gasteiger partial charge in [-0.05, 0) is 53.5 Å². The van der Waals surface area contributed by atoms with Crippen molar-refractivity contribution in [1.29, 1.82) is 0 Å². The standard InChI is InChI=1S/C18H21N3OS2/c1-21-11-13(10-19-21)15-9-16(15)17(22)20-14-5-2-4-12(8-14)18-23-6-3-7-24-18/h2,4-5,8,10-11,15-16,18H,3,6-7,9H2,1H3,(H,20,22)/t15-,16-/m1/s1. The summed E-state index contributed by atoms with van der Waals surface area (Å²) in [5, 5.41) is 7.30. The molecule has 24 heavy (non-hydrogen) atoms. The van der Waals surface area contributed by atoms with Gasteiger partial charge >= 0.3 is 0 Å². The van der Waals surface area contributed by atoms with Gasteiger partial charge in [-0.25, -0.2) is 0 Å². The fourth-order valence-corrected chi connectivity index (χ4v) is 6.04. The molecule has 2 fully saturated rings. The van der Waals surface area contributed by atoms with Gasteiger partial charge in [-0.3, -0.25) is 9.48 Å². The summed E-state index contributed by atoms with van der Waals surface area (Å²) in [6.07, 6.45) is 6.09. The van der Waals surface area contributed by atoms with Gasteiger partial charge in [0, 0.05) is 24.8 Å². The van der Waals surface area contributed by atoms with Crippen LogP contribution in [0.4, 0.5) is 5.69 Å². The van der Waals surface area contributed by atoms with Crippen LogP contribution in [0.25, 0.3) is 0 Å². The second-order valence-electron chi connectivity index (χ2n) is 6.44. The number of aromatic nitrogens is 2. The number of amides is 1. The molecular weight excluding hydrogens is 338 g/mol. The van der Waals surface area contributed by atoms with E-state index in [0.29, 0.717) is 10.5 Å². The lowest BCUT2D eigenvalue weighted by Crippen LogP contribution is -2.14. The van der Waals surface area contributed by atoms with E-state index >= 15 is 0 Å². The largest absolute Gasteiger partial charge is 0.326 e. The minimum atomic E-state index is 0.0799. The maximum absolute atomic E-state index is 12.5. The molecule has 4 nitrogen and oxygen atoms in total. The molecule has 1 N–H and O–H groups in total. The second kappa shape index (κ2) is 6.84. The lowest BCUT2D eigenvalue weighted by Gasteiger charge is -2.21. The predicted molar refractivity (Wildman–Crippen MR) is 101 cm³/mol. The summed E-state index contributed by atoms with van der Waals surface area (Å²) in [5.41, 5.74) is 3.39. The summed E-state index contributed by atoms with van der Waals surface area (Å²) in [7, 11) is 1.91. The molecule has 1 aromatic heterocycles. The maximum Gasteiger partial charge on any atom is 0.228 e. The first-order chi connectivity index (χ1) is 11.7. The predicted octanol–water partition coefficient (Wildman–Crippen LogP) is 4.03. The smallest absolute Gasteiger partial charge is 0.228 e. The van der Waals surface area contributed by atoms with Crippen molar-refractivity contribution in [2.24, 2.45) is 13.0 Å². The van der Waals surface area contributed by atoms with Gasteiger partial charge in [0.1, 0.15) is 0 Å². The fraction of sp³-hybridized carbons (Fsp3) is 0.444. The molecule has 4 rings (SSSR count). The topological polar surface area (TPSA) is 46.9 Å². The van der Waals surface area contributed by atoms with Crippen molar-refractivity contribution in [3.8, 4) is 0 Å². The molecule has 0 bridgehead atoms. The van der Waals surface area contributed by atoms with Crippen LogP contribution >= 0.6 is 23.5 Å². The van der Waals surface area contributed by atoms with Crippen LogP contribution in [0.5, 0.6) is 0 Å². The Labute approximate surface area is 150 Å². The Morgan fingerprint density at radius 2 is 2.12 bits per heavy atom. The molecule has 1 aromatic carbocycles. The summed E-state index contributed by atoms with van der Waals surface area (Å²) in [4.78, 5) is 12.5. The van der Waals surface area contributed by atoms with Gasteiger partial charge in [-0.1, -0.05) is 12.1 Å². The number of anilines is 1. The van der Waals surface area contributed by atoms with Crippen LogP contribution < -0.4 is 5.32 Å². The zero-order chi connectivity index (χ0) is 16.5. The molecule has 0 unspecified atom stereocenters. The molecule has 2 atom stereocenters. The van der Waals surface area contributed by atoms with Crippen molar-refractivity contribution in [3.05, 3.63) is 47.8 Å². The third kappa shape index (κ3) is 3.49. The highest BCUT2D eigenvalue weighted by Gasteiger charge is 2.44. The van der Waals surface area contributed by atoms with E-state index in [1.54, 1.807) is 4.68 Å². The first-order valence-corrected chi connectivity index (χ1v) is 10.4. The number of carbonyl (C=O) groups excluding carboxylic acids is 1. The number of hydrogen-bond donors (Lipinski definition) is 1. The third-order valence-corrected chi connectivity index (χ3v) is 7.55. The number of rotatable bonds is 4. The van der Waals surface area contributed by atoms with Crippen molar-refractivity contribution in [1.82, 2.24) is 9.78 Å². The molecule has 2 heterocycles. The number of hydrogen-bond acceptors (Lipinski definition) is 4. The summed E-state index contributed by atoms with van der Waals surface area (Å²) in [6, 6.07) is 8.34. The minimum absolute atomic E-state index is 0.0799. The monoisotopic (exact) mass is 359 g/mol. The molecule has 6 heteroatoms. The summed E-state index contributed by atoms with van der Waals surface area (Å²) >= 11 is 4.01. The Morgan fingerprint density at radius 3 is 2.88 bits per heavy atom. The number of nitrogens with zero attached hydrogens (tertiary/aromatic N) is 2. The Morgan fingerprint density at radius 1 is 1.29 bits per heavy atom. The van der Waals surface area contributed by atoms with Crippen molar-refractivity contribution in [2.75, 3.05) is 16.8 Å². The van der Waals surface area contributed by atoms with Crippen LogP contribution in [0, 0.1) is 5.92 Å². The van der Waals surface area contributed by atoms with Crippen molar-refractivity contribution < 1.29 is 4.79 Å². The maximum atomic E-state index is 12.5. The SMILES string of the molecule is Cn1cc([C@H]2C[C@H]2C(=O)Nc2cccc(C3SCCCS3)c2)cn1. The van der Waals surface area contributed by atoms with Gasteiger partial charge in [-0.2, -0.15) is 5.10 Å². The first kappa shape index (κ1) is 16.1. The lowest BCUT2D eigenvalue weighted by atomic mass is 10.2. The van der Waals surface area contributed by atoms with Crippen LogP contribution in [0.2, 0.25) is 0 Å². The lowest BCUT2D eigenvalue weighted by molar-refractivity contribution is -0.117. The van der Waals surface area contributed by atoms with Crippen LogP contribution in [0.1, 0.15) is 34.5 Å². The molecule has 1 saturated heterocycles. The average Bonchev–Trinajstić information content (AvgIpc) is 3.30. The molecule has 126 valence electrons. The van der Waals surface area contributed by atoms with Gasteiger partial charge in [0.05, 0.1) is 10.8 Å². The van der Waals surface area contributed by atoms with E-state index in [1.807, 2.05) is 55.1 Å². The fourth-order valence-electron chi connectivity index (χ4n) is 3.16. The highest BCUT2D eigenvalue weighted by molar-refractivity contribution is 8.16. The first-order valence-electron chi connectivity index (χ1n) is 8.33. The molecule has 0 radical (unpaired) electrons. The highest BCUT2D eigenvalue weighted by Crippen LogP contribution is 2.48. The molecule has 1 amide bonds. The Kier molecular flexibility index (Phi) is 4.59. The quantitative estimate of drug-likeness (QED) is 0.895. The zero-order valence-electron chi connectivity index (χ0n) is 13.6. The summed E-state index contributed by atoms with van der Waals surface area (Å²) in [6.45, 7) is 0. The van der Waals surface area contributed by atoms with E-state index in [9.17, 15) is 4.79 Å². The average molecular weight is 360 g/mol. The molecule has 2 aliphatic rings. The van der Waals surface area contributed by atoms with Gasteiger partial charge in [-0.15, -0.1) is 23.5 Å². The Bertz CT molecular complexity index is 739. The Balaban J connectivity index is 1.39. The molecule has 2 aromatic rings. The van der Waals surface area contributed by atoms with E-state index in [0.717, 1.165) is 12.1 Å². The van der Waals surface area contributed by atoms with Crippen LogP contribution in [-0.2, 0) is 11.8 Å². The van der Waals surface area contributed by atoms with Crippen molar-refractivity contribution >= 4 is 35.1 Å². The molecule has 0 spiro atoms. The summed E-state index contributed by atoms with van der Waals surface area (Å²) < 4.78 is 2.30. The Hall–Kier alpha value is -1.40. The second-order valence-corrected chi connectivity index (χ2v) is 9.16. The van der Waals surface area contributed by atoms with E-state index in [4.69, 9.17) is 0 Å². The van der Waals surface area contributed by atoms with Crippen LogP contribution in [0.3, 0.4) is 0 Å². The van der Waals surface area contributed by atoms with E-state index < -0.39 is 0 Å². The highest BCUT2D eigenvalue weighted by atomic mass is 32.2. The molecular formula is C18H21N3OS2. The van der Waals surface area contributed by atoms with E-state index in [2.05, 4.69) is 22.5 Å². The van der Waals surface area contributed by atoms with Crippen molar-refractivity contribution in [2.45, 2.75) is 23.3 Å². The van der Waals surface area contributed by atoms with Gasteiger partial charge < -0.3 is 5.32 Å². The number of carbonyl (C=O) groups is 1. The molecule has 1 aliphatic heterocycles. The number of aryl methyl sites for hydroxylation is 1. The van der Waals surface area contributed by atoms with Crippen molar-refractivity contribution in [3.63, 3.8) is 0 Å². The van der Waals surface area contributed by atoms with E-state index in [1.165, 1.54) is 29.1 Å². The number of thioether (sulfide) groups is 2. The van der Waals surface area contributed by atoms with Crippen LogP contribution in [-0.4, -0.2) is 27.2 Å². The van der Waals surface area contributed by atoms with E-state index in [-0.39, 0.29) is 11.8 Å². The summed E-state index contributed by atoms with van der Waals surface area (Å²) in [5.74, 6) is 2.99. The van der Waals surface area contributed by atoms with Crippen LogP contribution in [0.15, 0.2) is 36.7 Å². The van der Waals surface area contributed by atoms with Gasteiger partial charge in [0.2, 0.25) is 5.91 Å². The van der Waals surface area contributed by atoms with Gasteiger partial charge in [0.15, 0.2) is 0 Å². The molecule has 1 saturated carbocycles. The van der Waals surface area contributed by atoms with Gasteiger partial charge in [0.25, 0.3) is 0 Å².